The van der Waals surface area contributed by atoms with Crippen LogP contribution in [0.1, 0.15) is 26.3 Å². The minimum Gasteiger partial charge on any atom is -0.482 e. The monoisotopic (exact) mass is 475 g/mol. The molecule has 2 heterocycles. The fraction of sp³-hybridized carbons (Fsp3) is 0.120. The van der Waals surface area contributed by atoms with Crippen LogP contribution in [0.3, 0.4) is 0 Å². The number of benzene rings is 3. The number of nitrogens with one attached hydrogen (secondary N) is 1. The fourth-order valence-electron chi connectivity index (χ4n) is 3.98. The number of rotatable bonds is 5. The van der Waals surface area contributed by atoms with Gasteiger partial charge in [-0.15, -0.1) is 0 Å². The average molecular weight is 476 g/mol. The molecule has 5 rings (SSSR count). The van der Waals surface area contributed by atoms with Crippen molar-refractivity contribution in [3.05, 3.63) is 88.4 Å². The van der Waals surface area contributed by atoms with Gasteiger partial charge in [-0.25, -0.2) is 0 Å². The molecule has 8 nitrogen and oxygen atoms in total. The summed E-state index contributed by atoms with van der Waals surface area (Å²) >= 11 is 6.27. The van der Waals surface area contributed by atoms with E-state index in [0.29, 0.717) is 22.1 Å². The maximum atomic E-state index is 12.7. The first-order valence-corrected chi connectivity index (χ1v) is 10.9. The minimum atomic E-state index is -0.546. The average Bonchev–Trinajstić information content (AvgIpc) is 3.07. The van der Waals surface area contributed by atoms with Gasteiger partial charge in [0, 0.05) is 10.7 Å². The standard InChI is InChI=1S/C25H18ClN3O5/c26-19-8-4-1-5-15(19)12-28-20-11-16(9-10-21(20)34-14-23(28)31)27-22(30)13-29-24(32)17-6-2-3-7-18(17)25(29)33/h1-11H,12-14H2,(H,27,30). The summed E-state index contributed by atoms with van der Waals surface area (Å²) in [5.74, 6) is -1.32. The second kappa shape index (κ2) is 8.64. The SMILES string of the molecule is O=C(CN1C(=O)c2ccccc2C1=O)Nc1ccc2c(c1)N(Cc1ccccc1Cl)C(=O)CO2. The van der Waals surface area contributed by atoms with E-state index in [1.54, 1.807) is 53.4 Å². The second-order valence-corrected chi connectivity index (χ2v) is 8.24. The van der Waals surface area contributed by atoms with E-state index in [-0.39, 0.29) is 30.2 Å². The van der Waals surface area contributed by atoms with Crippen molar-refractivity contribution in [2.45, 2.75) is 6.54 Å². The van der Waals surface area contributed by atoms with E-state index in [1.807, 2.05) is 18.2 Å². The third kappa shape index (κ3) is 3.88. The summed E-state index contributed by atoms with van der Waals surface area (Å²) < 4.78 is 5.53. The zero-order valence-electron chi connectivity index (χ0n) is 17.8. The fourth-order valence-corrected chi connectivity index (χ4v) is 4.17. The van der Waals surface area contributed by atoms with E-state index in [0.717, 1.165) is 10.5 Å². The summed E-state index contributed by atoms with van der Waals surface area (Å²) in [7, 11) is 0. The third-order valence-corrected chi connectivity index (χ3v) is 6.02. The topological polar surface area (TPSA) is 96.0 Å². The van der Waals surface area contributed by atoms with Gasteiger partial charge in [0.15, 0.2) is 6.61 Å². The Kier molecular flexibility index (Phi) is 5.51. The first kappa shape index (κ1) is 21.7. The molecule has 0 bridgehead atoms. The molecule has 9 heteroatoms. The van der Waals surface area contributed by atoms with Crippen LogP contribution < -0.4 is 15.0 Å². The summed E-state index contributed by atoms with van der Waals surface area (Å²) in [6, 6.07) is 18.6. The van der Waals surface area contributed by atoms with Gasteiger partial charge in [0.1, 0.15) is 12.3 Å². The van der Waals surface area contributed by atoms with Crippen molar-refractivity contribution >= 4 is 46.6 Å². The molecule has 0 aliphatic carbocycles. The predicted octanol–water partition coefficient (Wildman–Crippen LogP) is 3.50. The highest BCUT2D eigenvalue weighted by atomic mass is 35.5. The number of ether oxygens (including phenoxy) is 1. The molecule has 3 aromatic rings. The maximum absolute atomic E-state index is 12.7. The van der Waals surface area contributed by atoms with Crippen molar-refractivity contribution in [3.8, 4) is 5.75 Å². The van der Waals surface area contributed by atoms with Crippen molar-refractivity contribution in [3.63, 3.8) is 0 Å². The molecule has 0 aromatic heterocycles. The quantitative estimate of drug-likeness (QED) is 0.570. The van der Waals surface area contributed by atoms with Gasteiger partial charge in [0.25, 0.3) is 17.7 Å². The number of amides is 4. The number of hydrogen-bond donors (Lipinski definition) is 1. The Bertz CT molecular complexity index is 1320. The number of nitrogens with zero attached hydrogens (tertiary/aromatic N) is 2. The van der Waals surface area contributed by atoms with E-state index >= 15 is 0 Å². The normalized spacial score (nSPS) is 14.6. The summed E-state index contributed by atoms with van der Waals surface area (Å²) in [5, 5.41) is 3.23. The number of carbonyl (C=O) groups excluding carboxylic acids is 4. The highest BCUT2D eigenvalue weighted by Crippen LogP contribution is 2.36. The van der Waals surface area contributed by atoms with Crippen LogP contribution in [0, 0.1) is 0 Å². The Morgan fingerprint density at radius 3 is 2.29 bits per heavy atom. The number of hydrogen-bond acceptors (Lipinski definition) is 5. The summed E-state index contributed by atoms with van der Waals surface area (Å²) in [5.41, 5.74) is 2.20. The molecule has 0 spiro atoms. The van der Waals surface area contributed by atoms with E-state index in [9.17, 15) is 19.2 Å². The molecule has 0 atom stereocenters. The molecule has 4 amide bonds. The lowest BCUT2D eigenvalue weighted by Crippen LogP contribution is -2.38. The molecule has 170 valence electrons. The van der Waals surface area contributed by atoms with E-state index < -0.39 is 24.3 Å². The van der Waals surface area contributed by atoms with Gasteiger partial charge in [0.2, 0.25) is 5.91 Å². The molecule has 1 N–H and O–H groups in total. The van der Waals surface area contributed by atoms with Gasteiger partial charge in [-0.1, -0.05) is 41.9 Å². The van der Waals surface area contributed by atoms with Crippen LogP contribution in [0.15, 0.2) is 66.7 Å². The largest absolute Gasteiger partial charge is 0.482 e. The lowest BCUT2D eigenvalue weighted by molar-refractivity contribution is -0.121. The van der Waals surface area contributed by atoms with Gasteiger partial charge in [0.05, 0.1) is 23.4 Å². The summed E-state index contributed by atoms with van der Waals surface area (Å²) in [6.07, 6.45) is 0. The predicted molar refractivity (Wildman–Crippen MR) is 125 cm³/mol. The van der Waals surface area contributed by atoms with Crippen LogP contribution in [0.4, 0.5) is 11.4 Å². The maximum Gasteiger partial charge on any atom is 0.265 e. The van der Waals surface area contributed by atoms with E-state index in [1.165, 1.54) is 0 Å². The Balaban J connectivity index is 1.34. The molecular weight excluding hydrogens is 458 g/mol. The summed E-state index contributed by atoms with van der Waals surface area (Å²) in [6.45, 7) is -0.299. The molecule has 0 fully saturated rings. The Hall–Kier alpha value is -4.17. The second-order valence-electron chi connectivity index (χ2n) is 7.83. The molecule has 3 aromatic carbocycles. The van der Waals surface area contributed by atoms with Crippen molar-refractivity contribution in [2.24, 2.45) is 0 Å². The number of anilines is 2. The Labute approximate surface area is 199 Å². The van der Waals surface area contributed by atoms with E-state index in [4.69, 9.17) is 16.3 Å². The lowest BCUT2D eigenvalue weighted by Gasteiger charge is -2.30. The number of halogens is 1. The van der Waals surface area contributed by atoms with Gasteiger partial charge < -0.3 is 15.0 Å². The third-order valence-electron chi connectivity index (χ3n) is 5.65. The van der Waals surface area contributed by atoms with Gasteiger partial charge in [-0.3, -0.25) is 24.1 Å². The van der Waals surface area contributed by atoms with Crippen LogP contribution in [-0.4, -0.2) is 41.7 Å². The van der Waals surface area contributed by atoms with Crippen molar-refractivity contribution in [1.29, 1.82) is 0 Å². The smallest absolute Gasteiger partial charge is 0.265 e. The Morgan fingerprint density at radius 2 is 1.59 bits per heavy atom. The Morgan fingerprint density at radius 1 is 0.912 bits per heavy atom. The van der Waals surface area contributed by atoms with Gasteiger partial charge in [-0.2, -0.15) is 0 Å². The van der Waals surface area contributed by atoms with Crippen LogP contribution in [0.5, 0.6) is 5.75 Å². The van der Waals surface area contributed by atoms with Crippen molar-refractivity contribution < 1.29 is 23.9 Å². The van der Waals surface area contributed by atoms with Crippen LogP contribution in [0.25, 0.3) is 0 Å². The van der Waals surface area contributed by atoms with Crippen LogP contribution in [0.2, 0.25) is 5.02 Å². The molecule has 34 heavy (non-hydrogen) atoms. The van der Waals surface area contributed by atoms with Crippen LogP contribution in [-0.2, 0) is 16.1 Å². The van der Waals surface area contributed by atoms with Gasteiger partial charge >= 0.3 is 0 Å². The number of imide groups is 1. The first-order valence-electron chi connectivity index (χ1n) is 10.5. The lowest BCUT2D eigenvalue weighted by atomic mass is 10.1. The molecule has 2 aliphatic heterocycles. The zero-order valence-corrected chi connectivity index (χ0v) is 18.5. The molecular formula is C25H18ClN3O5. The highest BCUT2D eigenvalue weighted by molar-refractivity contribution is 6.31. The van der Waals surface area contributed by atoms with Crippen molar-refractivity contribution in [1.82, 2.24) is 4.90 Å². The van der Waals surface area contributed by atoms with Crippen LogP contribution >= 0.6 is 11.6 Å². The number of fused-ring (bicyclic) bond motifs is 2. The van der Waals surface area contributed by atoms with Crippen molar-refractivity contribution in [2.75, 3.05) is 23.4 Å². The molecule has 0 radical (unpaired) electrons. The molecule has 0 saturated carbocycles. The first-order chi connectivity index (χ1) is 16.4. The number of carbonyl (C=O) groups is 4. The minimum absolute atomic E-state index is 0.108. The van der Waals surface area contributed by atoms with E-state index in [2.05, 4.69) is 5.32 Å². The van der Waals surface area contributed by atoms with Gasteiger partial charge in [-0.05, 0) is 42.0 Å². The zero-order chi connectivity index (χ0) is 23.8. The highest BCUT2D eigenvalue weighted by Gasteiger charge is 2.36. The molecule has 0 unspecified atom stereocenters. The molecule has 0 saturated heterocycles. The summed E-state index contributed by atoms with van der Waals surface area (Å²) in [4.78, 5) is 52.8. The molecule has 2 aliphatic rings.